The van der Waals surface area contributed by atoms with E-state index in [9.17, 15) is 17.6 Å². The van der Waals surface area contributed by atoms with Gasteiger partial charge in [-0.2, -0.15) is 23.4 Å². The van der Waals surface area contributed by atoms with E-state index in [0.717, 1.165) is 23.1 Å². The summed E-state index contributed by atoms with van der Waals surface area (Å²) >= 11 is 0. The Morgan fingerprint density at radius 2 is 2.00 bits per heavy atom. The van der Waals surface area contributed by atoms with Crippen molar-refractivity contribution in [3.8, 4) is 5.69 Å². The third kappa shape index (κ3) is 2.24. The van der Waals surface area contributed by atoms with Crippen LogP contribution < -0.4 is 0 Å². The van der Waals surface area contributed by atoms with Crippen molar-refractivity contribution in [3.05, 3.63) is 35.7 Å². The number of hydrogen-bond acceptors (Lipinski definition) is 3. The van der Waals surface area contributed by atoms with Gasteiger partial charge in [-0.15, -0.1) is 5.10 Å². The summed E-state index contributed by atoms with van der Waals surface area (Å²) in [4.78, 5) is 0. The SMILES string of the molecule is Cc1nn(-c2cnnc(C(F)(F)F)c2)cc1F. The monoisotopic (exact) mass is 246 g/mol. The van der Waals surface area contributed by atoms with E-state index in [4.69, 9.17) is 0 Å². The minimum Gasteiger partial charge on any atom is -0.236 e. The van der Waals surface area contributed by atoms with E-state index >= 15 is 0 Å². The van der Waals surface area contributed by atoms with Gasteiger partial charge in [0.1, 0.15) is 0 Å². The molecule has 0 aromatic carbocycles. The summed E-state index contributed by atoms with van der Waals surface area (Å²) in [5.74, 6) is -0.602. The lowest BCUT2D eigenvalue weighted by Gasteiger charge is -2.06. The van der Waals surface area contributed by atoms with Crippen LogP contribution in [0, 0.1) is 12.7 Å². The highest BCUT2D eigenvalue weighted by Gasteiger charge is 2.33. The molecule has 0 aliphatic heterocycles. The summed E-state index contributed by atoms with van der Waals surface area (Å²) in [6, 6.07) is 0.749. The molecule has 0 atom stereocenters. The van der Waals surface area contributed by atoms with Crippen molar-refractivity contribution >= 4 is 0 Å². The molecule has 0 N–H and O–H groups in total. The molecule has 0 unspecified atom stereocenters. The van der Waals surface area contributed by atoms with Crippen LogP contribution in [0.2, 0.25) is 0 Å². The molecule has 0 aliphatic carbocycles. The average molecular weight is 246 g/mol. The number of nitrogens with zero attached hydrogens (tertiary/aromatic N) is 4. The Bertz CT molecular complexity index is 527. The zero-order chi connectivity index (χ0) is 12.6. The smallest absolute Gasteiger partial charge is 0.236 e. The molecule has 0 radical (unpaired) electrons. The number of aromatic nitrogens is 4. The van der Waals surface area contributed by atoms with Crippen LogP contribution >= 0.6 is 0 Å². The molecule has 17 heavy (non-hydrogen) atoms. The third-order valence-corrected chi connectivity index (χ3v) is 2.03. The van der Waals surface area contributed by atoms with E-state index in [2.05, 4.69) is 15.3 Å². The van der Waals surface area contributed by atoms with Gasteiger partial charge in [-0.1, -0.05) is 0 Å². The summed E-state index contributed by atoms with van der Waals surface area (Å²) in [7, 11) is 0. The first kappa shape index (κ1) is 11.5. The molecule has 0 amide bonds. The molecule has 0 aliphatic rings. The molecular formula is C9H6F4N4. The van der Waals surface area contributed by atoms with E-state index in [-0.39, 0.29) is 11.4 Å². The third-order valence-electron chi connectivity index (χ3n) is 2.03. The molecule has 0 fully saturated rings. The lowest BCUT2D eigenvalue weighted by molar-refractivity contribution is -0.141. The van der Waals surface area contributed by atoms with Crippen LogP contribution in [0.4, 0.5) is 17.6 Å². The molecule has 0 bridgehead atoms. The molecular weight excluding hydrogens is 240 g/mol. The lowest BCUT2D eigenvalue weighted by Crippen LogP contribution is -2.10. The highest BCUT2D eigenvalue weighted by Crippen LogP contribution is 2.27. The maximum atomic E-state index is 13.0. The second-order valence-corrected chi connectivity index (χ2v) is 3.30. The standard InChI is InChI=1S/C9H6F4N4/c1-5-7(10)4-17(16-5)6-2-8(9(11,12)13)15-14-3-6/h2-4H,1H3. The maximum Gasteiger partial charge on any atom is 0.435 e. The second-order valence-electron chi connectivity index (χ2n) is 3.30. The van der Waals surface area contributed by atoms with Crippen molar-refractivity contribution in [1.82, 2.24) is 20.0 Å². The van der Waals surface area contributed by atoms with Gasteiger partial charge in [0.2, 0.25) is 0 Å². The number of hydrogen-bond donors (Lipinski definition) is 0. The molecule has 90 valence electrons. The minimum atomic E-state index is -4.59. The summed E-state index contributed by atoms with van der Waals surface area (Å²) in [5, 5.41) is 9.88. The molecule has 8 heteroatoms. The first-order valence-electron chi connectivity index (χ1n) is 4.50. The van der Waals surface area contributed by atoms with Gasteiger partial charge in [-0.05, 0) is 13.0 Å². The van der Waals surface area contributed by atoms with Crippen molar-refractivity contribution in [3.63, 3.8) is 0 Å². The maximum absolute atomic E-state index is 13.0. The quantitative estimate of drug-likeness (QED) is 0.724. The minimum absolute atomic E-state index is 0.000625. The van der Waals surface area contributed by atoms with E-state index in [1.54, 1.807) is 0 Å². The molecule has 0 saturated carbocycles. The number of halogens is 4. The topological polar surface area (TPSA) is 43.6 Å². The van der Waals surface area contributed by atoms with Crippen LogP contribution in [-0.2, 0) is 6.18 Å². The van der Waals surface area contributed by atoms with Gasteiger partial charge in [-0.25, -0.2) is 9.07 Å². The van der Waals surface area contributed by atoms with Crippen LogP contribution in [0.3, 0.4) is 0 Å². The predicted molar refractivity (Wildman–Crippen MR) is 48.9 cm³/mol. The zero-order valence-corrected chi connectivity index (χ0v) is 8.53. The number of rotatable bonds is 1. The lowest BCUT2D eigenvalue weighted by atomic mass is 10.3. The normalized spacial score (nSPS) is 11.8. The Labute approximate surface area is 92.9 Å². The van der Waals surface area contributed by atoms with Gasteiger partial charge in [0.05, 0.1) is 23.8 Å². The van der Waals surface area contributed by atoms with Gasteiger partial charge < -0.3 is 0 Å². The van der Waals surface area contributed by atoms with Crippen LogP contribution in [0.15, 0.2) is 18.5 Å². The van der Waals surface area contributed by atoms with Gasteiger partial charge in [-0.3, -0.25) is 0 Å². The van der Waals surface area contributed by atoms with Crippen molar-refractivity contribution in [2.75, 3.05) is 0 Å². The van der Waals surface area contributed by atoms with E-state index in [0.29, 0.717) is 0 Å². The van der Waals surface area contributed by atoms with Crippen molar-refractivity contribution in [2.24, 2.45) is 0 Å². The Morgan fingerprint density at radius 3 is 2.53 bits per heavy atom. The van der Waals surface area contributed by atoms with Gasteiger partial charge in [0.25, 0.3) is 0 Å². The Hall–Kier alpha value is -1.99. The fraction of sp³-hybridized carbons (Fsp3) is 0.222. The summed E-state index contributed by atoms with van der Waals surface area (Å²) in [6.07, 6.45) is -2.54. The summed E-state index contributed by atoms with van der Waals surface area (Å²) in [5.41, 5.74) is -1.06. The Balaban J connectivity index is 2.47. The fourth-order valence-corrected chi connectivity index (χ4v) is 1.19. The van der Waals surface area contributed by atoms with Gasteiger partial charge >= 0.3 is 6.18 Å². The predicted octanol–water partition coefficient (Wildman–Crippen LogP) is 2.13. The van der Waals surface area contributed by atoms with Crippen LogP contribution in [-0.4, -0.2) is 20.0 Å². The highest BCUT2D eigenvalue weighted by atomic mass is 19.4. The van der Waals surface area contributed by atoms with E-state index < -0.39 is 17.7 Å². The first-order valence-corrected chi connectivity index (χ1v) is 4.50. The van der Waals surface area contributed by atoms with Crippen LogP contribution in [0.5, 0.6) is 0 Å². The molecule has 2 aromatic rings. The Morgan fingerprint density at radius 1 is 1.29 bits per heavy atom. The van der Waals surface area contributed by atoms with Crippen molar-refractivity contribution in [1.29, 1.82) is 0 Å². The van der Waals surface area contributed by atoms with E-state index in [1.807, 2.05) is 0 Å². The molecule has 2 aromatic heterocycles. The molecule has 4 nitrogen and oxygen atoms in total. The average Bonchev–Trinajstić information content (AvgIpc) is 2.58. The molecule has 0 saturated heterocycles. The summed E-state index contributed by atoms with van der Waals surface area (Å²) < 4.78 is 51.1. The fourth-order valence-electron chi connectivity index (χ4n) is 1.19. The van der Waals surface area contributed by atoms with Gasteiger partial charge in [0, 0.05) is 0 Å². The summed E-state index contributed by atoms with van der Waals surface area (Å²) in [6.45, 7) is 1.41. The first-order chi connectivity index (χ1) is 7.88. The van der Waals surface area contributed by atoms with Crippen molar-refractivity contribution in [2.45, 2.75) is 13.1 Å². The molecule has 2 heterocycles. The largest absolute Gasteiger partial charge is 0.435 e. The van der Waals surface area contributed by atoms with Crippen LogP contribution in [0.1, 0.15) is 11.4 Å². The molecule has 2 rings (SSSR count). The van der Waals surface area contributed by atoms with E-state index in [1.165, 1.54) is 6.92 Å². The zero-order valence-electron chi connectivity index (χ0n) is 8.53. The number of alkyl halides is 3. The van der Waals surface area contributed by atoms with Crippen LogP contribution in [0.25, 0.3) is 5.69 Å². The molecule has 0 spiro atoms. The number of aryl methyl sites for hydroxylation is 1. The van der Waals surface area contributed by atoms with Crippen molar-refractivity contribution < 1.29 is 17.6 Å². The second kappa shape index (κ2) is 3.79. The highest BCUT2D eigenvalue weighted by molar-refractivity contribution is 5.30. The Kier molecular flexibility index (Phi) is 2.56. The van der Waals surface area contributed by atoms with Gasteiger partial charge in [0.15, 0.2) is 11.5 Å².